The number of likely N-dealkylation sites (N-methyl/N-ethyl adjacent to an activating group) is 1. The van der Waals surface area contributed by atoms with Crippen LogP contribution in [0.15, 0.2) is 53.3 Å². The molecule has 0 saturated heterocycles. The third kappa shape index (κ3) is 4.82. The second kappa shape index (κ2) is 11.7. The Bertz CT molecular complexity index is 1830. The molecule has 0 unspecified atom stereocenters. The number of alkyl halides is 1. The molecular formula is C32H34ClN7O7. The fourth-order valence-electron chi connectivity index (χ4n) is 7.28. The normalized spacial score (nSPS) is 26.7. The number of phenols is 1. The van der Waals surface area contributed by atoms with Crippen LogP contribution in [-0.4, -0.2) is 87.4 Å². The first-order valence-electron chi connectivity index (χ1n) is 14.6. The number of hydrogen-bond acceptors (Lipinski definition) is 11. The molecule has 0 spiro atoms. The van der Waals surface area contributed by atoms with Gasteiger partial charge in [0.15, 0.2) is 17.0 Å². The molecular weight excluding hydrogens is 630 g/mol. The zero-order chi connectivity index (χ0) is 34.6. The van der Waals surface area contributed by atoms with E-state index in [-0.39, 0.29) is 12.0 Å². The van der Waals surface area contributed by atoms with Crippen molar-refractivity contribution < 1.29 is 34.5 Å². The molecule has 1 fully saturated rings. The Kier molecular flexibility index (Phi) is 8.32. The Morgan fingerprint density at radius 3 is 2.34 bits per heavy atom. The third-order valence-corrected chi connectivity index (χ3v) is 9.45. The number of phenolic OH excluding ortho intramolecular Hbond substituents is 1. The number of nitrogens with zero attached hydrogens (tertiary/aromatic N) is 2. The maximum absolute atomic E-state index is 14.5. The van der Waals surface area contributed by atoms with Gasteiger partial charge in [0.05, 0.1) is 34.3 Å². The Labute approximate surface area is 274 Å². The predicted molar refractivity (Wildman–Crippen MR) is 172 cm³/mol. The summed E-state index contributed by atoms with van der Waals surface area (Å²) < 4.78 is 0. The fourth-order valence-corrected chi connectivity index (χ4v) is 7.41. The van der Waals surface area contributed by atoms with E-state index >= 15 is 0 Å². The number of amides is 3. The number of carbonyl (C=O) groups is 4. The number of aromatic hydroxyl groups is 1. The maximum Gasteiger partial charge on any atom is 0.319 e. The zero-order valence-electron chi connectivity index (χ0n) is 25.6. The Hall–Kier alpha value is -4.94. The number of Topliss-reactive ketones (excluding diaryl/α,β-unsaturated/α-hetero) is 2. The second-order valence-corrected chi connectivity index (χ2v) is 12.6. The van der Waals surface area contributed by atoms with E-state index in [2.05, 4.69) is 10.6 Å². The van der Waals surface area contributed by atoms with Crippen molar-refractivity contribution in [2.75, 3.05) is 31.8 Å². The topological polar surface area (TPSA) is 258 Å². The summed E-state index contributed by atoms with van der Waals surface area (Å²) >= 11 is 5.65. The van der Waals surface area contributed by atoms with E-state index in [1.54, 1.807) is 36.4 Å². The van der Waals surface area contributed by atoms with Crippen LogP contribution >= 0.6 is 11.6 Å². The van der Waals surface area contributed by atoms with Crippen molar-refractivity contribution in [2.24, 2.45) is 22.6 Å². The van der Waals surface area contributed by atoms with Gasteiger partial charge < -0.3 is 43.2 Å². The minimum absolute atomic E-state index is 0.125. The number of nitrogens with two attached hydrogens (primary N) is 3. The molecule has 2 aromatic rings. The first-order chi connectivity index (χ1) is 22.1. The lowest BCUT2D eigenvalue weighted by atomic mass is 9.47. The minimum atomic E-state index is -2.74. The van der Waals surface area contributed by atoms with Gasteiger partial charge in [-0.15, -0.1) is 11.6 Å². The number of nitrogens with one attached hydrogen (secondary N) is 2. The molecule has 14 nitrogen and oxygen atoms in total. The minimum Gasteiger partial charge on any atom is -0.509 e. The van der Waals surface area contributed by atoms with Gasteiger partial charge in [0.25, 0.3) is 5.91 Å². The van der Waals surface area contributed by atoms with Crippen LogP contribution in [-0.2, 0) is 20.8 Å². The lowest BCUT2D eigenvalue weighted by Crippen LogP contribution is -2.80. The van der Waals surface area contributed by atoms with Crippen LogP contribution in [0.3, 0.4) is 0 Å². The molecule has 2 aromatic carbocycles. The number of rotatable bonds is 7. The molecule has 0 heterocycles. The molecule has 47 heavy (non-hydrogen) atoms. The molecule has 15 heteroatoms. The highest BCUT2D eigenvalue weighted by molar-refractivity contribution is 6.25. The molecule has 0 bridgehead atoms. The van der Waals surface area contributed by atoms with E-state index in [1.165, 1.54) is 25.1 Å². The van der Waals surface area contributed by atoms with Gasteiger partial charge in [-0.05, 0) is 68.2 Å². The zero-order valence-corrected chi connectivity index (χ0v) is 26.3. The number of halogens is 1. The third-order valence-electron chi connectivity index (χ3n) is 9.18. The summed E-state index contributed by atoms with van der Waals surface area (Å²) in [7, 11) is 2.90. The summed E-state index contributed by atoms with van der Waals surface area (Å²) in [6.07, 6.45) is -0.0694. The summed E-state index contributed by atoms with van der Waals surface area (Å²) in [6, 6.07) is 9.46. The first-order valence-corrected chi connectivity index (χ1v) is 15.1. The number of aliphatic hydroxyl groups is 2. The molecule has 0 aliphatic heterocycles. The van der Waals surface area contributed by atoms with Crippen molar-refractivity contribution in [2.45, 2.75) is 36.4 Å². The maximum atomic E-state index is 14.5. The van der Waals surface area contributed by atoms with Crippen LogP contribution in [0.2, 0.25) is 0 Å². The van der Waals surface area contributed by atoms with Crippen LogP contribution in [0, 0.1) is 16.7 Å². The second-order valence-electron chi connectivity index (χ2n) is 12.3. The molecule has 1 saturated carbocycles. The van der Waals surface area contributed by atoms with Crippen LogP contribution in [0.5, 0.6) is 5.75 Å². The largest absolute Gasteiger partial charge is 0.509 e. The highest BCUT2D eigenvalue weighted by Crippen LogP contribution is 2.58. The number of hydrogen-bond donors (Lipinski definition) is 8. The lowest BCUT2D eigenvalue weighted by molar-refractivity contribution is -0.139. The van der Waals surface area contributed by atoms with Crippen LogP contribution < -0.4 is 27.8 Å². The number of ketones is 2. The predicted octanol–water partition coefficient (Wildman–Crippen LogP) is 1.32. The lowest BCUT2D eigenvalue weighted by Gasteiger charge is -2.58. The number of urea groups is 1. The average Bonchev–Trinajstić information content (AvgIpc) is 2.97. The van der Waals surface area contributed by atoms with Gasteiger partial charge in [-0.1, -0.05) is 18.2 Å². The smallest absolute Gasteiger partial charge is 0.319 e. The Morgan fingerprint density at radius 1 is 1.11 bits per heavy atom. The van der Waals surface area contributed by atoms with Gasteiger partial charge in [0, 0.05) is 18.1 Å². The Balaban J connectivity index is 1.66. The monoisotopic (exact) mass is 663 g/mol. The highest BCUT2D eigenvalue weighted by Gasteiger charge is 2.74. The molecule has 0 radical (unpaired) electrons. The van der Waals surface area contributed by atoms with Crippen LogP contribution in [0.4, 0.5) is 10.5 Å². The average molecular weight is 664 g/mol. The van der Waals surface area contributed by atoms with Crippen molar-refractivity contribution in [3.8, 4) is 22.9 Å². The molecule has 246 valence electrons. The van der Waals surface area contributed by atoms with Gasteiger partial charge in [-0.25, -0.2) is 4.79 Å². The van der Waals surface area contributed by atoms with Crippen LogP contribution in [0.25, 0.3) is 16.9 Å². The number of primary amides is 1. The standard InChI is InChI=1S/C32H34ClN7O7/c1-40(2)25-24(43)21(28(35)46)26(44)31(14-34)27(45)22-23(42)20-18(12-30(22,36)13-32(25,31)37)17(8-9-19(20)41)15-4-6-16(7-5-15)39-29(47)38-11-3-10-33/h4-9,25,41-42,44H,3,10-13,36-37H2,1-2H3,(H2,35,46)(H2,38,39,47)/t25-,30-,31+,32-/m1/s1. The Morgan fingerprint density at radius 2 is 1.77 bits per heavy atom. The summed E-state index contributed by atoms with van der Waals surface area (Å²) in [5.41, 5.74) is 12.9. The number of aliphatic hydroxyl groups excluding tert-OH is 2. The molecule has 11 N–H and O–H groups in total. The van der Waals surface area contributed by atoms with Gasteiger partial charge in [0.2, 0.25) is 0 Å². The summed E-state index contributed by atoms with van der Waals surface area (Å²) in [4.78, 5) is 53.9. The van der Waals surface area contributed by atoms with E-state index in [4.69, 9.17) is 28.8 Å². The van der Waals surface area contributed by atoms with Gasteiger partial charge in [-0.2, -0.15) is 5.26 Å². The highest BCUT2D eigenvalue weighted by atomic mass is 35.5. The van der Waals surface area contributed by atoms with E-state index in [1.807, 2.05) is 0 Å². The van der Waals surface area contributed by atoms with E-state index < -0.39 is 80.9 Å². The molecule has 5 rings (SSSR count). The molecule has 0 aromatic heterocycles. The van der Waals surface area contributed by atoms with Crippen LogP contribution in [0.1, 0.15) is 24.0 Å². The molecule has 3 amide bonds. The quantitative estimate of drug-likeness (QED) is 0.119. The summed E-state index contributed by atoms with van der Waals surface area (Å²) in [5, 5.41) is 49.9. The number of anilines is 1. The van der Waals surface area contributed by atoms with Gasteiger partial charge in [-0.3, -0.25) is 19.3 Å². The van der Waals surface area contributed by atoms with E-state index in [9.17, 15) is 39.8 Å². The van der Waals surface area contributed by atoms with Gasteiger partial charge >= 0.3 is 6.03 Å². The molecule has 3 aliphatic carbocycles. The molecule has 3 aliphatic rings. The van der Waals surface area contributed by atoms with Crippen molar-refractivity contribution in [3.05, 3.63) is 64.4 Å². The SMILES string of the molecule is CN(C)[C@@H]1C(=O)C(C(N)=O)=C(O)[C@@]2(C#N)C(=O)C3=C(O)c4c(O)ccc(-c5ccc(NC(=O)NCCCCl)cc5)c4C[C@@]3(N)C[C@@]12N. The summed E-state index contributed by atoms with van der Waals surface area (Å²) in [6.45, 7) is 0.403. The van der Waals surface area contributed by atoms with Gasteiger partial charge in [0.1, 0.15) is 22.8 Å². The number of fused-ring (bicyclic) bond motifs is 3. The fraction of sp³-hybridized carbons (Fsp3) is 0.344. The number of nitriles is 1. The van der Waals surface area contributed by atoms with Crippen molar-refractivity contribution in [3.63, 3.8) is 0 Å². The summed E-state index contributed by atoms with van der Waals surface area (Å²) in [5.74, 6) is -5.52. The number of benzene rings is 2. The molecule has 4 atom stereocenters. The van der Waals surface area contributed by atoms with Crippen molar-refractivity contribution >= 4 is 46.6 Å². The van der Waals surface area contributed by atoms with E-state index in [0.717, 1.165) is 0 Å². The van der Waals surface area contributed by atoms with Crippen molar-refractivity contribution in [1.82, 2.24) is 10.2 Å². The first kappa shape index (κ1) is 33.4. The van der Waals surface area contributed by atoms with E-state index in [0.29, 0.717) is 41.2 Å². The number of carbonyl (C=O) groups excluding carboxylic acids is 4. The van der Waals surface area contributed by atoms with Crippen molar-refractivity contribution in [1.29, 1.82) is 5.26 Å².